The molecule has 0 N–H and O–H groups in total. The molecule has 0 saturated heterocycles. The van der Waals surface area contributed by atoms with Gasteiger partial charge in [-0.1, -0.05) is 35.9 Å². The summed E-state index contributed by atoms with van der Waals surface area (Å²) in [7, 11) is -1.24. The molecule has 1 heterocycles. The minimum Gasteiger partial charge on any atom is -0.497 e. The first-order chi connectivity index (χ1) is 11.1. The van der Waals surface area contributed by atoms with Gasteiger partial charge >= 0.3 is 0 Å². The van der Waals surface area contributed by atoms with Gasteiger partial charge in [-0.25, -0.2) is 4.21 Å². The molecule has 0 amide bonds. The number of ketones is 1. The first kappa shape index (κ1) is 15.7. The van der Waals surface area contributed by atoms with Crippen LogP contribution >= 0.6 is 0 Å². The number of aryl methyl sites for hydroxylation is 1. The molecule has 23 heavy (non-hydrogen) atoms. The first-order valence-corrected chi connectivity index (χ1v) is 8.69. The summed E-state index contributed by atoms with van der Waals surface area (Å²) in [6.07, 6.45) is 3.65. The summed E-state index contributed by atoms with van der Waals surface area (Å²) in [5.41, 5.74) is 2.10. The molecule has 4 heteroatoms. The third-order valence-electron chi connectivity index (χ3n) is 3.81. The minimum atomic E-state index is -1.24. The van der Waals surface area contributed by atoms with Crippen LogP contribution < -0.4 is 0 Å². The Morgan fingerprint density at radius 3 is 2.61 bits per heavy atom. The highest BCUT2D eigenvalue weighted by molar-refractivity contribution is 7.85. The molecule has 0 radical (unpaired) electrons. The van der Waals surface area contributed by atoms with Gasteiger partial charge in [0.25, 0.3) is 0 Å². The highest BCUT2D eigenvalue weighted by Gasteiger charge is 2.20. The second kappa shape index (κ2) is 6.92. The smallest absolute Gasteiger partial charge is 0.162 e. The quantitative estimate of drug-likeness (QED) is 0.862. The van der Waals surface area contributed by atoms with Gasteiger partial charge in [0.15, 0.2) is 5.78 Å². The number of hydrogen-bond acceptors (Lipinski definition) is 3. The van der Waals surface area contributed by atoms with Gasteiger partial charge in [-0.15, -0.1) is 0 Å². The Morgan fingerprint density at radius 1 is 1.13 bits per heavy atom. The zero-order chi connectivity index (χ0) is 16.2. The van der Waals surface area contributed by atoms with Gasteiger partial charge in [-0.05, 0) is 30.7 Å². The normalized spacial score (nSPS) is 18.5. The summed E-state index contributed by atoms with van der Waals surface area (Å²) < 4.78 is 18.4. The largest absolute Gasteiger partial charge is 0.497 e. The molecule has 0 saturated carbocycles. The average molecular weight is 326 g/mol. The summed E-state index contributed by atoms with van der Waals surface area (Å²) in [5.74, 6) is 0.0680. The van der Waals surface area contributed by atoms with Crippen LogP contribution in [0, 0.1) is 6.92 Å². The number of hydrogen-bond donors (Lipinski definition) is 0. The molecule has 2 aromatic carbocycles. The predicted molar refractivity (Wildman–Crippen MR) is 89.6 cm³/mol. The summed E-state index contributed by atoms with van der Waals surface area (Å²) >= 11 is 0. The van der Waals surface area contributed by atoms with Crippen LogP contribution in [-0.4, -0.2) is 16.1 Å². The Balaban J connectivity index is 1.85. The van der Waals surface area contributed by atoms with Crippen molar-refractivity contribution in [1.29, 1.82) is 0 Å². The van der Waals surface area contributed by atoms with Crippen molar-refractivity contribution in [2.75, 3.05) is 0 Å². The molecule has 3 nitrogen and oxygen atoms in total. The van der Waals surface area contributed by atoms with Gasteiger partial charge < -0.3 is 4.74 Å². The highest BCUT2D eigenvalue weighted by Crippen LogP contribution is 2.23. The number of carbonyl (C=O) groups excluding carboxylic acids is 1. The van der Waals surface area contributed by atoms with Crippen molar-refractivity contribution >= 4 is 16.6 Å². The van der Waals surface area contributed by atoms with Crippen molar-refractivity contribution < 1.29 is 13.7 Å². The average Bonchev–Trinajstić information content (AvgIpc) is 2.55. The monoisotopic (exact) mass is 326 g/mol. The Kier molecular flexibility index (Phi) is 4.72. The van der Waals surface area contributed by atoms with Crippen LogP contribution in [0.4, 0.5) is 0 Å². The fraction of sp³-hybridized carbons (Fsp3) is 0.211. The number of rotatable bonds is 4. The van der Waals surface area contributed by atoms with Crippen molar-refractivity contribution in [1.82, 2.24) is 0 Å². The predicted octanol–water partition coefficient (Wildman–Crippen LogP) is 3.58. The summed E-state index contributed by atoms with van der Waals surface area (Å²) in [6.45, 7) is 2.01. The van der Waals surface area contributed by atoms with Crippen LogP contribution in [0.25, 0.3) is 0 Å². The molecular weight excluding hydrogens is 308 g/mol. The number of benzene rings is 2. The summed E-state index contributed by atoms with van der Waals surface area (Å²) in [4.78, 5) is 13.1. The number of ether oxygens (including phenoxy) is 1. The lowest BCUT2D eigenvalue weighted by molar-refractivity contribution is -0.117. The highest BCUT2D eigenvalue weighted by atomic mass is 32.2. The van der Waals surface area contributed by atoms with Crippen molar-refractivity contribution in [2.45, 2.75) is 35.7 Å². The molecule has 2 aromatic rings. The second-order valence-corrected chi connectivity index (χ2v) is 7.07. The lowest BCUT2D eigenvalue weighted by atomic mass is 10.0. The van der Waals surface area contributed by atoms with Gasteiger partial charge in [0.2, 0.25) is 0 Å². The van der Waals surface area contributed by atoms with E-state index in [0.717, 1.165) is 20.9 Å². The van der Waals surface area contributed by atoms with E-state index in [4.69, 9.17) is 4.74 Å². The molecular formula is C19H18O3S. The van der Waals surface area contributed by atoms with Crippen LogP contribution in [0.2, 0.25) is 0 Å². The molecule has 0 bridgehead atoms. The molecule has 0 spiro atoms. The van der Waals surface area contributed by atoms with Gasteiger partial charge in [0.1, 0.15) is 6.10 Å². The molecule has 1 aliphatic rings. The standard InChI is InChI=1S/C19H18O3S/c1-14-6-8-18(9-7-14)23(21)19-5-3-2-4-15(19)12-17-13-16(20)10-11-22-17/h2-11,17H,12-13H2,1H3/t17-,23?/m1/s1. The van der Waals surface area contributed by atoms with Crippen molar-refractivity contribution in [3.05, 3.63) is 72.0 Å². The van der Waals surface area contributed by atoms with E-state index in [1.165, 1.54) is 12.3 Å². The van der Waals surface area contributed by atoms with Crippen molar-refractivity contribution in [3.8, 4) is 0 Å². The number of allylic oxidation sites excluding steroid dienone is 1. The van der Waals surface area contributed by atoms with Gasteiger partial charge in [-0.2, -0.15) is 0 Å². The fourth-order valence-electron chi connectivity index (χ4n) is 2.57. The zero-order valence-electron chi connectivity index (χ0n) is 12.9. The van der Waals surface area contributed by atoms with E-state index in [-0.39, 0.29) is 11.9 Å². The van der Waals surface area contributed by atoms with E-state index >= 15 is 0 Å². The minimum absolute atomic E-state index is 0.0680. The van der Waals surface area contributed by atoms with Crippen LogP contribution in [0.5, 0.6) is 0 Å². The van der Waals surface area contributed by atoms with Gasteiger partial charge in [0.05, 0.1) is 17.1 Å². The SMILES string of the molecule is Cc1ccc(S(=O)c2ccccc2C[C@@H]2CC(=O)C=CO2)cc1. The van der Waals surface area contributed by atoms with Crippen LogP contribution in [0.15, 0.2) is 70.7 Å². The number of carbonyl (C=O) groups is 1. The van der Waals surface area contributed by atoms with Crippen molar-refractivity contribution in [3.63, 3.8) is 0 Å². The lowest BCUT2D eigenvalue weighted by Gasteiger charge is -2.20. The molecule has 0 fully saturated rings. The van der Waals surface area contributed by atoms with Crippen LogP contribution in [-0.2, 0) is 26.8 Å². The van der Waals surface area contributed by atoms with E-state index in [2.05, 4.69) is 0 Å². The van der Waals surface area contributed by atoms with Gasteiger partial charge in [-0.3, -0.25) is 4.79 Å². The van der Waals surface area contributed by atoms with E-state index in [1.807, 2.05) is 55.5 Å². The van der Waals surface area contributed by atoms with E-state index in [1.54, 1.807) is 0 Å². The Bertz CT molecular complexity index is 762. The Hall–Kier alpha value is -2.20. The second-order valence-electron chi connectivity index (χ2n) is 5.62. The van der Waals surface area contributed by atoms with E-state index in [0.29, 0.717) is 12.8 Å². The molecule has 0 aliphatic carbocycles. The summed E-state index contributed by atoms with van der Waals surface area (Å²) in [6, 6.07) is 15.4. The third kappa shape index (κ3) is 3.77. The molecule has 1 aliphatic heterocycles. The molecule has 118 valence electrons. The van der Waals surface area contributed by atoms with Gasteiger partial charge in [0, 0.05) is 28.7 Å². The van der Waals surface area contributed by atoms with Crippen LogP contribution in [0.3, 0.4) is 0 Å². The lowest BCUT2D eigenvalue weighted by Crippen LogP contribution is -2.21. The molecule has 0 aromatic heterocycles. The maximum Gasteiger partial charge on any atom is 0.162 e. The maximum atomic E-state index is 12.9. The topological polar surface area (TPSA) is 43.4 Å². The van der Waals surface area contributed by atoms with Crippen molar-refractivity contribution in [2.24, 2.45) is 0 Å². The molecule has 2 atom stereocenters. The third-order valence-corrected chi connectivity index (χ3v) is 5.31. The fourth-order valence-corrected chi connectivity index (χ4v) is 3.80. The first-order valence-electron chi connectivity index (χ1n) is 7.54. The molecule has 3 rings (SSSR count). The Morgan fingerprint density at radius 2 is 1.87 bits per heavy atom. The van der Waals surface area contributed by atoms with E-state index < -0.39 is 10.8 Å². The van der Waals surface area contributed by atoms with Crippen LogP contribution in [0.1, 0.15) is 17.5 Å². The van der Waals surface area contributed by atoms with E-state index in [9.17, 15) is 9.00 Å². The Labute approximate surface area is 138 Å². The summed E-state index contributed by atoms with van der Waals surface area (Å²) in [5, 5.41) is 0. The molecule has 1 unspecified atom stereocenters. The zero-order valence-corrected chi connectivity index (χ0v) is 13.7. The maximum absolute atomic E-state index is 12.9.